The van der Waals surface area contributed by atoms with Crippen LogP contribution < -0.4 is 33.9 Å². The number of aryl methyl sites for hydroxylation is 2. The molecule has 0 saturated carbocycles. The summed E-state index contributed by atoms with van der Waals surface area (Å²) in [5.41, 5.74) is 4.99. The van der Waals surface area contributed by atoms with Crippen molar-refractivity contribution in [3.05, 3.63) is 85.5 Å². The molecule has 4 heteroatoms. The number of rotatable bonds is 2. The van der Waals surface area contributed by atoms with Crippen LogP contribution in [0.2, 0.25) is 0 Å². The van der Waals surface area contributed by atoms with Gasteiger partial charge in [0.25, 0.3) is 0 Å². The Morgan fingerprint density at radius 2 is 0.808 bits per heavy atom. The van der Waals surface area contributed by atoms with Crippen LogP contribution in [0.1, 0.15) is 0 Å². The average Bonchev–Trinajstić information content (AvgIpc) is 2.62. The van der Waals surface area contributed by atoms with Gasteiger partial charge in [-0.2, -0.15) is 0 Å². The van der Waals surface area contributed by atoms with Crippen molar-refractivity contribution in [1.29, 1.82) is 0 Å². The Hall–Kier alpha value is -2.42. The van der Waals surface area contributed by atoms with Gasteiger partial charge in [-0.1, -0.05) is 24.3 Å². The fraction of sp³-hybridized carbons (Fsp3) is 0.0909. The molecule has 0 aliphatic heterocycles. The lowest BCUT2D eigenvalue weighted by Crippen LogP contribution is -3.00. The second kappa shape index (κ2) is 8.31. The lowest BCUT2D eigenvalue weighted by Gasteiger charge is -2.06. The van der Waals surface area contributed by atoms with Crippen molar-refractivity contribution >= 4 is 10.8 Å². The molecule has 0 spiro atoms. The highest BCUT2D eigenvalue weighted by molar-refractivity contribution is 5.90. The van der Waals surface area contributed by atoms with E-state index < -0.39 is 0 Å². The molecular formula is C22H20Cl2N2. The maximum Gasteiger partial charge on any atom is 0.169 e. The standard InChI is InChI=1S/C22H20N2.2ClH/c1-23-11-7-17(8-12-23)19-3-5-22-16-20(4-6-21(22)15-19)18-9-13-24(2)14-10-18;;/h3-16H,1-2H3;2*1H/q+2;;/p-2. The fourth-order valence-corrected chi connectivity index (χ4v) is 2.99. The molecule has 0 radical (unpaired) electrons. The van der Waals surface area contributed by atoms with Crippen LogP contribution in [-0.4, -0.2) is 0 Å². The predicted octanol–water partition coefficient (Wildman–Crippen LogP) is -2.17. The average molecular weight is 383 g/mol. The number of benzene rings is 2. The number of fused-ring (bicyclic) bond motifs is 1. The molecule has 2 aromatic carbocycles. The highest BCUT2D eigenvalue weighted by Gasteiger charge is 2.04. The molecule has 132 valence electrons. The van der Waals surface area contributed by atoms with Gasteiger partial charge in [0.1, 0.15) is 14.1 Å². The Morgan fingerprint density at radius 1 is 0.462 bits per heavy atom. The lowest BCUT2D eigenvalue weighted by molar-refractivity contribution is -0.671. The molecule has 4 rings (SSSR count). The zero-order chi connectivity index (χ0) is 16.5. The Labute approximate surface area is 166 Å². The molecule has 0 unspecified atom stereocenters. The first kappa shape index (κ1) is 19.9. The molecule has 0 atom stereocenters. The summed E-state index contributed by atoms with van der Waals surface area (Å²) in [6, 6.07) is 22.0. The molecule has 2 heterocycles. The molecule has 0 N–H and O–H groups in total. The fourth-order valence-electron chi connectivity index (χ4n) is 2.99. The van der Waals surface area contributed by atoms with Crippen molar-refractivity contribution in [3.8, 4) is 22.3 Å². The van der Waals surface area contributed by atoms with Gasteiger partial charge in [0.05, 0.1) is 0 Å². The molecule has 0 saturated heterocycles. The lowest BCUT2D eigenvalue weighted by atomic mass is 9.98. The van der Waals surface area contributed by atoms with Crippen molar-refractivity contribution in [3.63, 3.8) is 0 Å². The number of pyridine rings is 2. The second-order valence-electron chi connectivity index (χ2n) is 6.28. The third kappa shape index (κ3) is 4.04. The minimum atomic E-state index is 0. The summed E-state index contributed by atoms with van der Waals surface area (Å²) >= 11 is 0. The zero-order valence-corrected chi connectivity index (χ0v) is 16.2. The van der Waals surface area contributed by atoms with Crippen molar-refractivity contribution in [2.75, 3.05) is 0 Å². The molecule has 4 aromatic rings. The summed E-state index contributed by atoms with van der Waals surface area (Å²) in [7, 11) is 4.07. The third-order valence-corrected chi connectivity index (χ3v) is 4.46. The van der Waals surface area contributed by atoms with E-state index in [4.69, 9.17) is 0 Å². The van der Waals surface area contributed by atoms with Crippen molar-refractivity contribution in [2.24, 2.45) is 14.1 Å². The van der Waals surface area contributed by atoms with E-state index in [0.717, 1.165) is 0 Å². The minimum absolute atomic E-state index is 0. The molecule has 2 nitrogen and oxygen atoms in total. The van der Waals surface area contributed by atoms with Gasteiger partial charge < -0.3 is 24.8 Å². The normalized spacial score (nSPS) is 10.1. The van der Waals surface area contributed by atoms with Gasteiger partial charge in [-0.15, -0.1) is 0 Å². The van der Waals surface area contributed by atoms with Crippen LogP contribution in [0.25, 0.3) is 33.0 Å². The van der Waals surface area contributed by atoms with E-state index in [0.29, 0.717) is 0 Å². The number of hydrogen-bond donors (Lipinski definition) is 0. The summed E-state index contributed by atoms with van der Waals surface area (Å²) in [5.74, 6) is 0. The van der Waals surface area contributed by atoms with E-state index in [1.807, 2.05) is 14.1 Å². The van der Waals surface area contributed by atoms with Crippen LogP contribution in [0.15, 0.2) is 85.5 Å². The van der Waals surface area contributed by atoms with Crippen molar-refractivity contribution < 1.29 is 33.9 Å². The number of aromatic nitrogens is 2. The first-order valence-corrected chi connectivity index (χ1v) is 8.14. The van der Waals surface area contributed by atoms with Crippen LogP contribution in [0, 0.1) is 0 Å². The molecule has 26 heavy (non-hydrogen) atoms. The number of nitrogens with zero attached hydrogens (tertiary/aromatic N) is 2. The van der Waals surface area contributed by atoms with Crippen molar-refractivity contribution in [1.82, 2.24) is 0 Å². The maximum atomic E-state index is 2.26. The van der Waals surface area contributed by atoms with Gasteiger partial charge in [0.15, 0.2) is 24.8 Å². The Bertz CT molecular complexity index is 926. The second-order valence-corrected chi connectivity index (χ2v) is 6.28. The van der Waals surface area contributed by atoms with Gasteiger partial charge in [-0.3, -0.25) is 0 Å². The van der Waals surface area contributed by atoms with E-state index >= 15 is 0 Å². The maximum absolute atomic E-state index is 2.26. The summed E-state index contributed by atoms with van der Waals surface area (Å²) < 4.78 is 4.10. The van der Waals surface area contributed by atoms with E-state index in [1.54, 1.807) is 0 Å². The summed E-state index contributed by atoms with van der Waals surface area (Å²) in [5, 5.41) is 2.54. The number of halogens is 2. The zero-order valence-electron chi connectivity index (χ0n) is 14.7. The van der Waals surface area contributed by atoms with Gasteiger partial charge >= 0.3 is 0 Å². The smallest absolute Gasteiger partial charge is 0.169 e. The highest BCUT2D eigenvalue weighted by atomic mass is 35.5. The Kier molecular flexibility index (Phi) is 6.36. The SMILES string of the molecule is C[n+]1ccc(-c2ccc3cc(-c4cc[n+](C)cc4)ccc3c2)cc1.[Cl-].[Cl-]. The van der Waals surface area contributed by atoms with Crippen LogP contribution >= 0.6 is 0 Å². The highest BCUT2D eigenvalue weighted by Crippen LogP contribution is 2.27. The molecule has 0 fully saturated rings. The van der Waals surface area contributed by atoms with Crippen LogP contribution in [0.4, 0.5) is 0 Å². The van der Waals surface area contributed by atoms with Gasteiger partial charge in [-0.25, -0.2) is 9.13 Å². The minimum Gasteiger partial charge on any atom is -1.00 e. The molecule has 0 amide bonds. The largest absolute Gasteiger partial charge is 1.00 e. The molecule has 0 bridgehead atoms. The number of hydrogen-bond acceptors (Lipinski definition) is 0. The predicted molar refractivity (Wildman–Crippen MR) is 97.2 cm³/mol. The Balaban J connectivity index is 0.00000121. The summed E-state index contributed by atoms with van der Waals surface area (Å²) in [6.45, 7) is 0. The van der Waals surface area contributed by atoms with Gasteiger partial charge in [0, 0.05) is 24.3 Å². The van der Waals surface area contributed by atoms with Crippen LogP contribution in [0.3, 0.4) is 0 Å². The molecule has 0 aliphatic rings. The monoisotopic (exact) mass is 382 g/mol. The van der Waals surface area contributed by atoms with E-state index in [9.17, 15) is 0 Å². The van der Waals surface area contributed by atoms with Gasteiger partial charge in [-0.05, 0) is 45.2 Å². The Morgan fingerprint density at radius 3 is 1.15 bits per heavy atom. The van der Waals surface area contributed by atoms with Crippen LogP contribution in [0.5, 0.6) is 0 Å². The topological polar surface area (TPSA) is 7.76 Å². The summed E-state index contributed by atoms with van der Waals surface area (Å²) in [4.78, 5) is 0. The van der Waals surface area contributed by atoms with Crippen molar-refractivity contribution in [2.45, 2.75) is 0 Å². The van der Waals surface area contributed by atoms with E-state index in [2.05, 4.69) is 94.6 Å². The third-order valence-electron chi connectivity index (χ3n) is 4.46. The molecular weight excluding hydrogens is 363 g/mol. The molecule has 0 aliphatic carbocycles. The van der Waals surface area contributed by atoms with Crippen LogP contribution in [-0.2, 0) is 14.1 Å². The van der Waals surface area contributed by atoms with Gasteiger partial charge in [0.2, 0.25) is 0 Å². The summed E-state index contributed by atoms with van der Waals surface area (Å²) in [6.07, 6.45) is 8.33. The first-order valence-electron chi connectivity index (χ1n) is 8.14. The first-order chi connectivity index (χ1) is 11.7. The molecule has 2 aromatic heterocycles. The van der Waals surface area contributed by atoms with E-state index in [1.165, 1.54) is 33.0 Å². The van der Waals surface area contributed by atoms with E-state index in [-0.39, 0.29) is 24.8 Å². The quantitative estimate of drug-likeness (QED) is 0.348.